The number of aromatic nitrogens is 1. The molecule has 0 aromatic carbocycles. The molecule has 7 heteroatoms. The van der Waals surface area contributed by atoms with E-state index in [1.165, 1.54) is 35.9 Å². The predicted molar refractivity (Wildman–Crippen MR) is 78.0 cm³/mol. The van der Waals surface area contributed by atoms with Gasteiger partial charge in [0.05, 0.1) is 0 Å². The second-order valence-corrected chi connectivity index (χ2v) is 8.10. The molecule has 1 heterocycles. The van der Waals surface area contributed by atoms with Crippen molar-refractivity contribution in [3.05, 3.63) is 9.49 Å². The van der Waals surface area contributed by atoms with Crippen molar-refractivity contribution in [1.29, 1.82) is 0 Å². The highest BCUT2D eigenvalue weighted by molar-refractivity contribution is 8.47. The molecule has 0 aliphatic carbocycles. The molecule has 0 unspecified atom stereocenters. The van der Waals surface area contributed by atoms with Crippen molar-refractivity contribution in [3.63, 3.8) is 0 Å². The summed E-state index contributed by atoms with van der Waals surface area (Å²) in [6.45, 7) is 2.16. The number of hydrogen-bond donors (Lipinski definition) is 0. The molecule has 0 atom stereocenters. The maximum Gasteiger partial charge on any atom is 0.160 e. The lowest BCUT2D eigenvalue weighted by Crippen LogP contribution is -1.84. The topological polar surface area (TPSA) is 12.9 Å². The Bertz CT molecular complexity index is 320. The Morgan fingerprint density at radius 3 is 2.80 bits per heavy atom. The molecule has 1 aromatic rings. The maximum absolute atomic E-state index is 5.80. The van der Waals surface area contributed by atoms with Crippen molar-refractivity contribution < 1.29 is 0 Å². The summed E-state index contributed by atoms with van der Waals surface area (Å²) < 4.78 is 2.23. The first-order chi connectivity index (χ1) is 7.13. The molecule has 15 heavy (non-hydrogen) atoms. The van der Waals surface area contributed by atoms with Gasteiger partial charge in [0.15, 0.2) is 9.49 Å². The van der Waals surface area contributed by atoms with Gasteiger partial charge in [-0.2, -0.15) is 0 Å². The van der Waals surface area contributed by atoms with Crippen LogP contribution in [0.4, 0.5) is 0 Å². The molecule has 0 spiro atoms. The second-order valence-electron chi connectivity index (χ2n) is 2.60. The van der Waals surface area contributed by atoms with Crippen LogP contribution in [0, 0.1) is 0 Å². The lowest BCUT2D eigenvalue weighted by Gasteiger charge is -1.98. The quantitative estimate of drug-likeness (QED) is 0.421. The van der Waals surface area contributed by atoms with E-state index >= 15 is 0 Å². The molecule has 0 fully saturated rings. The zero-order valence-electron chi connectivity index (χ0n) is 7.96. The molecule has 0 N–H and O–H groups in total. The van der Waals surface area contributed by atoms with Gasteiger partial charge in [-0.1, -0.05) is 60.1 Å². The predicted octanol–water partition coefficient (Wildman–Crippen LogP) is 5.36. The van der Waals surface area contributed by atoms with Crippen LogP contribution < -0.4 is 0 Å². The fourth-order valence-corrected chi connectivity index (χ4v) is 4.90. The van der Waals surface area contributed by atoms with Gasteiger partial charge in [0.25, 0.3) is 0 Å². The largest absolute Gasteiger partial charge is 0.216 e. The third-order valence-corrected chi connectivity index (χ3v) is 5.82. The Balaban J connectivity index is 2.37. The molecule has 1 nitrogen and oxygen atoms in total. The third kappa shape index (κ3) is 5.24. The summed E-state index contributed by atoms with van der Waals surface area (Å²) in [6, 6.07) is 0. The van der Waals surface area contributed by atoms with Gasteiger partial charge in [-0.3, -0.25) is 0 Å². The lowest BCUT2D eigenvalue weighted by atomic mass is 10.4. The van der Waals surface area contributed by atoms with Crippen molar-refractivity contribution in [3.8, 4) is 0 Å². The van der Waals surface area contributed by atoms with Crippen molar-refractivity contribution in [2.24, 2.45) is 0 Å². The number of hydrogen-bond acceptors (Lipinski definition) is 5. The zero-order chi connectivity index (χ0) is 11.3. The van der Waals surface area contributed by atoms with Crippen molar-refractivity contribution >= 4 is 73.8 Å². The highest BCUT2D eigenvalue weighted by Crippen LogP contribution is 2.36. The van der Waals surface area contributed by atoms with Crippen LogP contribution in [0.5, 0.6) is 0 Å². The first-order valence-corrected chi connectivity index (χ1v) is 8.08. The lowest BCUT2D eigenvalue weighted by molar-refractivity contribution is 0.898. The summed E-state index contributed by atoms with van der Waals surface area (Å²) in [6.07, 6.45) is 2.37. The average molecular weight is 318 g/mol. The molecule has 0 bridgehead atoms. The summed E-state index contributed by atoms with van der Waals surface area (Å²) in [7, 11) is 0. The van der Waals surface area contributed by atoms with Crippen molar-refractivity contribution in [2.75, 3.05) is 5.75 Å². The van der Waals surface area contributed by atoms with E-state index in [-0.39, 0.29) is 0 Å². The first kappa shape index (κ1) is 14.1. The van der Waals surface area contributed by atoms with Gasteiger partial charge in [-0.05, 0) is 23.9 Å². The molecule has 1 rings (SSSR count). The van der Waals surface area contributed by atoms with Crippen LogP contribution in [-0.2, 0) is 0 Å². The molecule has 0 radical (unpaired) electrons. The summed E-state index contributed by atoms with van der Waals surface area (Å²) in [5, 5.41) is 0.366. The first-order valence-electron chi connectivity index (χ1n) is 4.30. The molecular weight excluding hydrogens is 309 g/mol. The highest BCUT2D eigenvalue weighted by atomic mass is 35.5. The molecule has 0 amide bonds. The molecule has 0 aliphatic rings. The number of unbranched alkanes of at least 4 members (excludes halogenated alkanes) is 1. The summed E-state index contributed by atoms with van der Waals surface area (Å²) in [5.74, 6) is 1.06. The van der Waals surface area contributed by atoms with Crippen LogP contribution in [0.1, 0.15) is 19.8 Å². The van der Waals surface area contributed by atoms with Crippen LogP contribution in [0.2, 0.25) is 9.49 Å². The zero-order valence-corrected chi connectivity index (χ0v) is 12.7. The SMILES string of the molecule is CCCCSC(=S)Sc1nc(Cl)c(Cl)s1. The number of nitrogens with zero attached hydrogens (tertiary/aromatic N) is 1. The van der Waals surface area contributed by atoms with Gasteiger partial charge >= 0.3 is 0 Å². The second kappa shape index (κ2) is 7.35. The molecule has 0 aliphatic heterocycles. The number of thiazole rings is 1. The minimum absolute atomic E-state index is 0.366. The average Bonchev–Trinajstić information content (AvgIpc) is 2.46. The number of thioether (sulfide) groups is 2. The van der Waals surface area contributed by atoms with Crippen LogP contribution >= 0.6 is 70.3 Å². The number of thiocarbonyl (C=S) groups is 1. The Hall–Kier alpha value is 1.000. The van der Waals surface area contributed by atoms with Crippen LogP contribution in [0.25, 0.3) is 0 Å². The fraction of sp³-hybridized carbons (Fsp3) is 0.500. The normalized spacial score (nSPS) is 10.6. The van der Waals surface area contributed by atoms with Gasteiger partial charge in [0.1, 0.15) is 7.86 Å². The van der Waals surface area contributed by atoms with Crippen LogP contribution in [0.3, 0.4) is 0 Å². The molecule has 0 saturated carbocycles. The van der Waals surface area contributed by atoms with Crippen molar-refractivity contribution in [2.45, 2.75) is 24.1 Å². The number of rotatable bonds is 4. The van der Waals surface area contributed by atoms with E-state index in [4.69, 9.17) is 35.4 Å². The third-order valence-electron chi connectivity index (χ3n) is 1.42. The van der Waals surface area contributed by atoms with Gasteiger partial charge in [-0.15, -0.1) is 11.8 Å². The summed E-state index contributed by atoms with van der Waals surface area (Å²) in [4.78, 5) is 4.09. The van der Waals surface area contributed by atoms with Gasteiger partial charge in [0.2, 0.25) is 0 Å². The standard InChI is InChI=1S/C8H9Cl2NS4/c1-2-3-4-13-8(12)15-7-11-5(9)6(10)14-7/h2-4H2,1H3. The fourth-order valence-electron chi connectivity index (χ4n) is 0.710. The Kier molecular flexibility index (Phi) is 6.89. The molecular formula is C8H9Cl2NS4. The van der Waals surface area contributed by atoms with Gasteiger partial charge in [0, 0.05) is 0 Å². The van der Waals surface area contributed by atoms with Gasteiger partial charge in [-0.25, -0.2) is 4.98 Å². The highest BCUT2D eigenvalue weighted by Gasteiger charge is 2.09. The van der Waals surface area contributed by atoms with Crippen LogP contribution in [0.15, 0.2) is 4.34 Å². The van der Waals surface area contributed by atoms with Gasteiger partial charge < -0.3 is 0 Å². The van der Waals surface area contributed by atoms with Crippen molar-refractivity contribution in [1.82, 2.24) is 4.98 Å². The smallest absolute Gasteiger partial charge is 0.160 e. The minimum Gasteiger partial charge on any atom is -0.216 e. The summed E-state index contributed by atoms with van der Waals surface area (Å²) in [5.41, 5.74) is 0. The summed E-state index contributed by atoms with van der Waals surface area (Å²) >= 11 is 21.3. The van der Waals surface area contributed by atoms with E-state index in [0.29, 0.717) is 9.49 Å². The minimum atomic E-state index is 0.366. The monoisotopic (exact) mass is 317 g/mol. The maximum atomic E-state index is 5.80. The number of halogens is 2. The molecule has 0 saturated heterocycles. The molecule has 1 aromatic heterocycles. The van der Waals surface area contributed by atoms with E-state index in [0.717, 1.165) is 13.6 Å². The Morgan fingerprint density at radius 1 is 1.53 bits per heavy atom. The van der Waals surface area contributed by atoms with Crippen LogP contribution in [-0.4, -0.2) is 14.3 Å². The Labute approximate surface area is 117 Å². The van der Waals surface area contributed by atoms with E-state index in [2.05, 4.69) is 11.9 Å². The molecule has 84 valence electrons. The van der Waals surface area contributed by atoms with E-state index < -0.39 is 0 Å². The Morgan fingerprint density at radius 2 is 2.27 bits per heavy atom. The van der Waals surface area contributed by atoms with E-state index in [1.807, 2.05) is 0 Å². The van der Waals surface area contributed by atoms with E-state index in [9.17, 15) is 0 Å². The van der Waals surface area contributed by atoms with E-state index in [1.54, 1.807) is 11.8 Å².